The lowest BCUT2D eigenvalue weighted by Crippen LogP contribution is -2.35. The lowest BCUT2D eigenvalue weighted by Gasteiger charge is -2.17. The highest BCUT2D eigenvalue weighted by atomic mass is 31.3. The van der Waals surface area contributed by atoms with E-state index in [1.54, 1.807) is 0 Å². The number of aromatic amines is 2. The number of methoxy groups -OCH3 is 1. The van der Waals surface area contributed by atoms with Crippen molar-refractivity contribution in [3.05, 3.63) is 32.6 Å². The van der Waals surface area contributed by atoms with Gasteiger partial charge in [0.1, 0.15) is 31.0 Å². The highest BCUT2D eigenvalue weighted by Gasteiger charge is 2.49. The molecule has 1 aromatic rings. The van der Waals surface area contributed by atoms with E-state index >= 15 is 0 Å². The van der Waals surface area contributed by atoms with E-state index in [-0.39, 0.29) is 5.56 Å². The van der Waals surface area contributed by atoms with Crippen molar-refractivity contribution in [2.45, 2.75) is 24.4 Å². The average Bonchev–Trinajstić information content (AvgIpc) is 2.94. The fraction of sp³-hybridized carbons (Fsp3) is 0.600. The molecule has 1 aromatic heterocycles. The van der Waals surface area contributed by atoms with Crippen molar-refractivity contribution in [3.8, 4) is 0 Å². The largest absolute Gasteiger partial charge is 0.708 e. The predicted octanol–water partition coefficient (Wildman–Crippen LogP) is -0.723. The average molecular weight is 497 g/mol. The fourth-order valence-electron chi connectivity index (χ4n) is 2.42. The van der Waals surface area contributed by atoms with Gasteiger partial charge in [-0.2, -0.15) is 4.31 Å². The molecule has 6 N–H and O–H groups in total. The smallest absolute Gasteiger partial charge is 0.387 e. The second-order valence-electron chi connectivity index (χ2n) is 5.51. The number of aliphatic hydroxyl groups excluding tert-OH is 1. The molecule has 0 aromatic carbocycles. The molecule has 7 unspecified atom stereocenters. The maximum atomic E-state index is 11.9. The van der Waals surface area contributed by atoms with Gasteiger partial charge in [-0.25, -0.2) is 19.2 Å². The summed E-state index contributed by atoms with van der Waals surface area (Å²) in [5, 5.41) is 18.3. The van der Waals surface area contributed by atoms with Crippen molar-refractivity contribution in [3.63, 3.8) is 0 Å². The number of aromatic nitrogens is 2. The molecule has 1 fully saturated rings. The Hall–Kier alpha value is -1.16. The van der Waals surface area contributed by atoms with Gasteiger partial charge in [0.25, 0.3) is 5.56 Å². The molecular weight excluding hydrogens is 481 g/mol. The number of hydrogen-bond donors (Lipinski definition) is 6. The third kappa shape index (κ3) is 6.42. The third-order valence-corrected chi connectivity index (χ3v) is 7.16. The number of phosphoric acid groups is 2. The lowest BCUT2D eigenvalue weighted by molar-refractivity contribution is -0.157. The molecule has 1 aliphatic rings. The molecule has 170 valence electrons. The van der Waals surface area contributed by atoms with E-state index in [9.17, 15) is 33.3 Å². The summed E-state index contributed by atoms with van der Waals surface area (Å²) in [5.74, 6) is 0. The molecular formula is C10H16N2O15P3+. The molecule has 1 saturated heterocycles. The standard InChI is InChI=1S/C10H15N2O15P3/c1-22-8-6(13)5(24-7(8)4-2-11-10(15)12-9(4)14)3-23-28(17)26-30(20,21)27-29(18,19)25-16/h2,5-8,13H,3H2,1H3,(H4-,11,12,14,15,16,18,19,20,21)/p+1. The quantitative estimate of drug-likeness (QED) is 0.132. The van der Waals surface area contributed by atoms with Crippen LogP contribution in [0.25, 0.3) is 0 Å². The van der Waals surface area contributed by atoms with Crippen molar-refractivity contribution >= 4 is 23.9 Å². The Morgan fingerprint density at radius 3 is 2.50 bits per heavy atom. The van der Waals surface area contributed by atoms with Gasteiger partial charge in [-0.3, -0.25) is 14.7 Å². The fourth-order valence-corrected chi connectivity index (χ4v) is 5.10. The number of ether oxygens (including phenoxy) is 2. The van der Waals surface area contributed by atoms with E-state index in [2.05, 4.69) is 22.8 Å². The van der Waals surface area contributed by atoms with Crippen molar-refractivity contribution in [1.29, 1.82) is 0 Å². The van der Waals surface area contributed by atoms with Gasteiger partial charge in [0.2, 0.25) is 0 Å². The Bertz CT molecular complexity index is 976. The van der Waals surface area contributed by atoms with E-state index in [4.69, 9.17) is 19.6 Å². The summed E-state index contributed by atoms with van der Waals surface area (Å²) in [4.78, 5) is 45.2. The minimum atomic E-state index is -5.47. The van der Waals surface area contributed by atoms with E-state index in [0.717, 1.165) is 6.20 Å². The van der Waals surface area contributed by atoms with Crippen molar-refractivity contribution in [1.82, 2.24) is 9.97 Å². The molecule has 17 nitrogen and oxygen atoms in total. The summed E-state index contributed by atoms with van der Waals surface area (Å²) in [7, 11) is -13.1. The van der Waals surface area contributed by atoms with E-state index in [0.29, 0.717) is 0 Å². The Morgan fingerprint density at radius 2 is 1.93 bits per heavy atom. The zero-order valence-electron chi connectivity index (χ0n) is 14.7. The highest BCUT2D eigenvalue weighted by Crippen LogP contribution is 2.63. The van der Waals surface area contributed by atoms with Crippen LogP contribution in [0.3, 0.4) is 0 Å². The first-order valence-corrected chi connectivity index (χ1v) is 11.7. The summed E-state index contributed by atoms with van der Waals surface area (Å²) < 4.78 is 59.5. The number of rotatable bonds is 10. The minimum Gasteiger partial charge on any atom is -0.387 e. The molecule has 0 radical (unpaired) electrons. The number of hydrogen-bond acceptors (Lipinski definition) is 13. The van der Waals surface area contributed by atoms with Crippen molar-refractivity contribution in [2.75, 3.05) is 13.7 Å². The Morgan fingerprint density at radius 1 is 1.27 bits per heavy atom. The van der Waals surface area contributed by atoms with E-state index < -0.39 is 66.2 Å². The van der Waals surface area contributed by atoms with Crippen LogP contribution in [0.1, 0.15) is 11.7 Å². The second kappa shape index (κ2) is 9.97. The second-order valence-corrected chi connectivity index (χ2v) is 9.56. The van der Waals surface area contributed by atoms with Gasteiger partial charge in [0, 0.05) is 17.9 Å². The summed E-state index contributed by atoms with van der Waals surface area (Å²) in [5.41, 5.74) is -1.69. The van der Waals surface area contributed by atoms with Gasteiger partial charge < -0.3 is 24.5 Å². The van der Waals surface area contributed by atoms with Gasteiger partial charge in [0.05, 0.1) is 5.56 Å². The zero-order chi connectivity index (χ0) is 22.7. The van der Waals surface area contributed by atoms with Gasteiger partial charge in [-0.15, -0.1) is 9.20 Å². The maximum absolute atomic E-state index is 11.9. The molecule has 30 heavy (non-hydrogen) atoms. The molecule has 0 bridgehead atoms. The van der Waals surface area contributed by atoms with E-state index in [1.807, 2.05) is 4.98 Å². The van der Waals surface area contributed by atoms with Gasteiger partial charge in [-0.05, 0) is 4.31 Å². The molecule has 0 amide bonds. The van der Waals surface area contributed by atoms with Crippen LogP contribution in [0.15, 0.2) is 15.8 Å². The van der Waals surface area contributed by atoms with Gasteiger partial charge in [-0.1, -0.05) is 0 Å². The number of aliphatic hydroxyl groups is 1. The SMILES string of the molecule is COC1C(c2c[nH]c(=O)[nH]c2=O)OC(CO[P+](=O)OP(=O)(O)OP(=O)(O)OO)C1O. The van der Waals surface area contributed by atoms with Crippen LogP contribution >= 0.6 is 23.9 Å². The van der Waals surface area contributed by atoms with Crippen molar-refractivity contribution < 1.29 is 61.1 Å². The third-order valence-electron chi connectivity index (χ3n) is 3.59. The first-order valence-electron chi connectivity index (χ1n) is 7.57. The molecule has 20 heteroatoms. The number of H-pyrrole nitrogens is 2. The van der Waals surface area contributed by atoms with Crippen LogP contribution in [0.2, 0.25) is 0 Å². The van der Waals surface area contributed by atoms with Crippen LogP contribution in [0.4, 0.5) is 0 Å². The lowest BCUT2D eigenvalue weighted by atomic mass is 10.0. The first-order chi connectivity index (χ1) is 13.9. The van der Waals surface area contributed by atoms with Gasteiger partial charge >= 0.3 is 29.6 Å². The monoisotopic (exact) mass is 497 g/mol. The zero-order valence-corrected chi connectivity index (χ0v) is 17.4. The normalized spacial score (nSPS) is 28.6. The molecule has 1 aliphatic heterocycles. The molecule has 0 aliphatic carbocycles. The van der Waals surface area contributed by atoms with Crippen molar-refractivity contribution in [2.24, 2.45) is 0 Å². The van der Waals surface area contributed by atoms with E-state index in [1.165, 1.54) is 7.11 Å². The summed E-state index contributed by atoms with van der Waals surface area (Å²) >= 11 is 0. The summed E-state index contributed by atoms with van der Waals surface area (Å²) in [6, 6.07) is 0. The first kappa shape index (κ1) is 25.1. The van der Waals surface area contributed by atoms with Gasteiger partial charge in [0.15, 0.2) is 0 Å². The predicted molar refractivity (Wildman–Crippen MR) is 91.2 cm³/mol. The topological polar surface area (TPSA) is 253 Å². The Labute approximate surface area is 166 Å². The highest BCUT2D eigenvalue weighted by molar-refractivity contribution is 7.64. The van der Waals surface area contributed by atoms with Crippen LogP contribution < -0.4 is 11.2 Å². The maximum Gasteiger partial charge on any atom is 0.708 e. The Kier molecular flexibility index (Phi) is 8.35. The molecule has 0 spiro atoms. The summed E-state index contributed by atoms with van der Waals surface area (Å²) in [6.45, 7) is -0.721. The Balaban J connectivity index is 2.02. The van der Waals surface area contributed by atoms with Crippen LogP contribution in [0, 0.1) is 0 Å². The van der Waals surface area contributed by atoms with Crippen LogP contribution in [-0.4, -0.2) is 62.1 Å². The van der Waals surface area contributed by atoms with Crippen LogP contribution in [0.5, 0.6) is 0 Å². The van der Waals surface area contributed by atoms with Crippen LogP contribution in [-0.2, 0) is 41.0 Å². The number of nitrogens with one attached hydrogen (secondary N) is 2. The summed E-state index contributed by atoms with van der Waals surface area (Å²) in [6.07, 6.45) is -3.96. The minimum absolute atomic E-state index is 0.0976. The molecule has 2 rings (SSSR count). The molecule has 0 saturated carbocycles. The molecule has 7 atom stereocenters. The molecule has 2 heterocycles.